The first-order valence-corrected chi connectivity index (χ1v) is 12.2. The quantitative estimate of drug-likeness (QED) is 0.0850. The Balaban J connectivity index is 2.78. The van der Waals surface area contributed by atoms with E-state index in [9.17, 15) is 38.4 Å². The number of nitrogens with one attached hydrogen (secondary N) is 5. The number of carbonyl (C=O) groups is 8. The van der Waals surface area contributed by atoms with Crippen LogP contribution in [0, 0.1) is 0 Å². The number of hydrogen-bond donors (Lipinski definition) is 9. The summed E-state index contributed by atoms with van der Waals surface area (Å²) in [6, 6.07) is 3.10. The SMILES string of the molecule is C[C@H](NC(=O)[C@H](Cc1ccccc1)NC(=O)CNC(=O)[C@H](CC(N)=O)NC(=O)CNC(=O)[C@@H](N)CC(=O)O)C(=O)O. The molecule has 0 bridgehead atoms. The largest absolute Gasteiger partial charge is 0.481 e. The van der Waals surface area contributed by atoms with Gasteiger partial charge in [0.15, 0.2) is 0 Å². The molecule has 0 saturated carbocycles. The van der Waals surface area contributed by atoms with E-state index in [1.165, 1.54) is 6.92 Å². The molecule has 0 saturated heterocycles. The molecule has 4 atom stereocenters. The zero-order valence-electron chi connectivity index (χ0n) is 22.0. The van der Waals surface area contributed by atoms with Gasteiger partial charge in [0, 0.05) is 6.42 Å². The van der Waals surface area contributed by atoms with Gasteiger partial charge in [0.2, 0.25) is 35.4 Å². The summed E-state index contributed by atoms with van der Waals surface area (Å²) in [7, 11) is 0. The minimum absolute atomic E-state index is 0.000892. The van der Waals surface area contributed by atoms with Gasteiger partial charge < -0.3 is 48.3 Å². The van der Waals surface area contributed by atoms with Gasteiger partial charge in [0.1, 0.15) is 18.1 Å². The first kappa shape index (κ1) is 34.0. The molecule has 0 heterocycles. The third-order valence-electron chi connectivity index (χ3n) is 5.30. The van der Waals surface area contributed by atoms with Crippen LogP contribution in [0.4, 0.5) is 0 Å². The highest BCUT2D eigenvalue weighted by Crippen LogP contribution is 2.04. The zero-order chi connectivity index (χ0) is 31.1. The molecule has 0 aliphatic carbocycles. The van der Waals surface area contributed by atoms with Gasteiger partial charge in [-0.25, -0.2) is 0 Å². The molecule has 0 aromatic heterocycles. The lowest BCUT2D eigenvalue weighted by atomic mass is 10.0. The number of hydrogen-bond acceptors (Lipinski definition) is 9. The summed E-state index contributed by atoms with van der Waals surface area (Å²) in [5, 5.41) is 28.8. The highest BCUT2D eigenvalue weighted by molar-refractivity contribution is 5.96. The molecule has 1 rings (SSSR count). The molecule has 0 aliphatic heterocycles. The maximum Gasteiger partial charge on any atom is 0.325 e. The van der Waals surface area contributed by atoms with Crippen LogP contribution < -0.4 is 38.1 Å². The number of carboxylic acids is 2. The van der Waals surface area contributed by atoms with Crippen LogP contribution in [0.3, 0.4) is 0 Å². The molecule has 0 aliphatic rings. The number of nitrogens with two attached hydrogens (primary N) is 2. The average Bonchev–Trinajstić information content (AvgIpc) is 2.89. The highest BCUT2D eigenvalue weighted by Gasteiger charge is 2.27. The van der Waals surface area contributed by atoms with Crippen LogP contribution in [-0.4, -0.2) is 94.9 Å². The maximum absolute atomic E-state index is 12.6. The van der Waals surface area contributed by atoms with Crippen molar-refractivity contribution in [2.75, 3.05) is 13.1 Å². The van der Waals surface area contributed by atoms with Gasteiger partial charge in [0.25, 0.3) is 0 Å². The van der Waals surface area contributed by atoms with Crippen molar-refractivity contribution in [3.8, 4) is 0 Å². The molecular weight excluding hydrogens is 546 g/mol. The van der Waals surface area contributed by atoms with E-state index in [0.717, 1.165) is 0 Å². The first-order valence-electron chi connectivity index (χ1n) is 12.2. The number of carbonyl (C=O) groups excluding carboxylic acids is 6. The third kappa shape index (κ3) is 13.5. The normalized spacial score (nSPS) is 13.3. The van der Waals surface area contributed by atoms with Gasteiger partial charge in [-0.15, -0.1) is 0 Å². The van der Waals surface area contributed by atoms with E-state index in [-0.39, 0.29) is 6.42 Å². The molecule has 17 heteroatoms. The Morgan fingerprint density at radius 3 is 1.80 bits per heavy atom. The number of benzene rings is 1. The van der Waals surface area contributed by atoms with E-state index in [2.05, 4.69) is 26.6 Å². The number of amides is 6. The van der Waals surface area contributed by atoms with Crippen molar-refractivity contribution in [3.05, 3.63) is 35.9 Å². The summed E-state index contributed by atoms with van der Waals surface area (Å²) in [4.78, 5) is 94.9. The maximum atomic E-state index is 12.6. The van der Waals surface area contributed by atoms with Crippen LogP contribution in [0.2, 0.25) is 0 Å². The molecule has 0 fully saturated rings. The summed E-state index contributed by atoms with van der Waals surface area (Å²) in [6.45, 7) is -0.164. The molecule has 0 spiro atoms. The van der Waals surface area contributed by atoms with Crippen molar-refractivity contribution in [2.45, 2.75) is 50.4 Å². The van der Waals surface area contributed by atoms with Crippen molar-refractivity contribution in [2.24, 2.45) is 11.5 Å². The van der Waals surface area contributed by atoms with Crippen molar-refractivity contribution in [1.29, 1.82) is 0 Å². The summed E-state index contributed by atoms with van der Waals surface area (Å²) in [6.07, 6.45) is -1.35. The predicted molar refractivity (Wildman–Crippen MR) is 139 cm³/mol. The molecule has 0 radical (unpaired) electrons. The Morgan fingerprint density at radius 1 is 0.756 bits per heavy atom. The fourth-order valence-corrected chi connectivity index (χ4v) is 3.21. The average molecular weight is 580 g/mol. The molecule has 1 aromatic rings. The number of primary amides is 1. The van der Waals surface area contributed by atoms with Gasteiger partial charge in [-0.1, -0.05) is 30.3 Å². The second-order valence-corrected chi connectivity index (χ2v) is 8.81. The zero-order valence-corrected chi connectivity index (χ0v) is 22.0. The summed E-state index contributed by atoms with van der Waals surface area (Å²) in [5.41, 5.74) is 11.2. The van der Waals surface area contributed by atoms with Crippen LogP contribution in [0.5, 0.6) is 0 Å². The fraction of sp³-hybridized carbons (Fsp3) is 0.417. The smallest absolute Gasteiger partial charge is 0.325 e. The predicted octanol–water partition coefficient (Wildman–Crippen LogP) is -4.30. The summed E-state index contributed by atoms with van der Waals surface area (Å²) < 4.78 is 0. The van der Waals surface area contributed by atoms with E-state index >= 15 is 0 Å². The Hall–Kier alpha value is -5.06. The van der Waals surface area contributed by atoms with Crippen molar-refractivity contribution in [1.82, 2.24) is 26.6 Å². The number of aliphatic carboxylic acids is 2. The molecule has 11 N–H and O–H groups in total. The molecular formula is C24H33N7O10. The summed E-state index contributed by atoms with van der Waals surface area (Å²) in [5.74, 6) is -8.12. The van der Waals surface area contributed by atoms with Gasteiger partial charge >= 0.3 is 11.9 Å². The van der Waals surface area contributed by atoms with Crippen molar-refractivity contribution < 1.29 is 48.6 Å². The van der Waals surface area contributed by atoms with E-state index in [1.54, 1.807) is 30.3 Å². The van der Waals surface area contributed by atoms with Gasteiger partial charge in [-0.3, -0.25) is 38.4 Å². The standard InChI is InChI=1S/C24H33N7O10/c1-12(24(40)41)29-23(39)15(7-13-5-3-2-4-6-13)30-19(34)11-28-22(38)16(9-17(26)32)31-18(33)10-27-21(37)14(25)8-20(35)36/h2-6,12,14-16H,7-11,25H2,1H3,(H2,26,32)(H,27,37)(H,28,38)(H,29,39)(H,30,34)(H,31,33)(H,35,36)(H,40,41)/t12-,14-,15-,16-/m0/s1. The van der Waals surface area contributed by atoms with E-state index < -0.39 is 97.5 Å². The van der Waals surface area contributed by atoms with Crippen LogP contribution in [-0.2, 0) is 44.8 Å². The third-order valence-corrected chi connectivity index (χ3v) is 5.30. The monoisotopic (exact) mass is 579 g/mol. The minimum Gasteiger partial charge on any atom is -0.481 e. The van der Waals surface area contributed by atoms with Crippen molar-refractivity contribution in [3.63, 3.8) is 0 Å². The molecule has 41 heavy (non-hydrogen) atoms. The second kappa shape index (κ2) is 16.8. The van der Waals surface area contributed by atoms with E-state index in [1.807, 2.05) is 0 Å². The Bertz CT molecular complexity index is 1140. The molecule has 0 unspecified atom stereocenters. The Labute approximate surface area is 233 Å². The van der Waals surface area contributed by atoms with Gasteiger partial charge in [0.05, 0.1) is 32.0 Å². The lowest BCUT2D eigenvalue weighted by molar-refractivity contribution is -0.141. The molecule has 6 amide bonds. The first-order chi connectivity index (χ1) is 19.2. The van der Waals surface area contributed by atoms with Gasteiger partial charge in [-0.05, 0) is 12.5 Å². The Kier molecular flexibility index (Phi) is 13.9. The molecule has 224 valence electrons. The van der Waals surface area contributed by atoms with Crippen LogP contribution in [0.1, 0.15) is 25.3 Å². The fourth-order valence-electron chi connectivity index (χ4n) is 3.21. The lowest BCUT2D eigenvalue weighted by Gasteiger charge is -2.21. The van der Waals surface area contributed by atoms with Gasteiger partial charge in [-0.2, -0.15) is 0 Å². The molecule has 17 nitrogen and oxygen atoms in total. The van der Waals surface area contributed by atoms with Crippen LogP contribution >= 0.6 is 0 Å². The van der Waals surface area contributed by atoms with E-state index in [4.69, 9.17) is 21.7 Å². The van der Waals surface area contributed by atoms with E-state index in [0.29, 0.717) is 5.56 Å². The summed E-state index contributed by atoms with van der Waals surface area (Å²) >= 11 is 0. The Morgan fingerprint density at radius 2 is 1.29 bits per heavy atom. The number of rotatable bonds is 17. The van der Waals surface area contributed by atoms with Crippen LogP contribution in [0.25, 0.3) is 0 Å². The highest BCUT2D eigenvalue weighted by atomic mass is 16.4. The number of carboxylic acid groups (broad SMARTS) is 2. The molecule has 1 aromatic carbocycles. The second-order valence-electron chi connectivity index (χ2n) is 8.81. The minimum atomic E-state index is -1.54. The van der Waals surface area contributed by atoms with Crippen LogP contribution in [0.15, 0.2) is 30.3 Å². The van der Waals surface area contributed by atoms with Crippen molar-refractivity contribution >= 4 is 47.4 Å². The topological polar surface area (TPSA) is 289 Å². The lowest BCUT2D eigenvalue weighted by Crippen LogP contribution is -2.55.